The lowest BCUT2D eigenvalue weighted by Gasteiger charge is -2.14. The standard InChI is InChI=1S/C29H28N2O7S2/c1-19-9-15-25(16-10-19)39(33,34)38-27-8-6-5-7-26(27)31-29(32)30-23-11-13-24(14-12-23)37-40(35,36)28-21(3)17-20(2)18-22(28)4/h5-18H,1-4H3,(H2,30,31,32). The van der Waals surface area contributed by atoms with E-state index >= 15 is 0 Å². The van der Waals surface area contributed by atoms with Crippen molar-refractivity contribution in [3.05, 3.63) is 107 Å². The number of carbonyl (C=O) groups excluding carboxylic acids is 1. The molecule has 40 heavy (non-hydrogen) atoms. The van der Waals surface area contributed by atoms with Crippen molar-refractivity contribution in [1.82, 2.24) is 0 Å². The van der Waals surface area contributed by atoms with E-state index in [2.05, 4.69) is 10.6 Å². The minimum Gasteiger partial charge on any atom is -0.379 e. The summed E-state index contributed by atoms with van der Waals surface area (Å²) in [6, 6.07) is 21.0. The fraction of sp³-hybridized carbons (Fsp3) is 0.138. The number of amides is 2. The fourth-order valence-corrected chi connectivity index (χ4v) is 6.42. The van der Waals surface area contributed by atoms with Gasteiger partial charge in [-0.3, -0.25) is 0 Å². The van der Waals surface area contributed by atoms with Crippen LogP contribution < -0.4 is 19.0 Å². The maximum atomic E-state index is 12.9. The summed E-state index contributed by atoms with van der Waals surface area (Å²) in [6.07, 6.45) is 0. The highest BCUT2D eigenvalue weighted by molar-refractivity contribution is 7.87. The number of urea groups is 1. The highest BCUT2D eigenvalue weighted by Gasteiger charge is 2.23. The van der Waals surface area contributed by atoms with Crippen LogP contribution in [0.2, 0.25) is 0 Å². The molecule has 0 heterocycles. The summed E-state index contributed by atoms with van der Waals surface area (Å²) in [5.41, 5.74) is 3.49. The molecule has 0 aliphatic heterocycles. The SMILES string of the molecule is Cc1ccc(S(=O)(=O)Oc2ccccc2NC(=O)Nc2ccc(OS(=O)(=O)c3c(C)cc(C)cc3C)cc2)cc1. The molecule has 2 N–H and O–H groups in total. The zero-order valence-corrected chi connectivity index (χ0v) is 23.9. The number of carbonyl (C=O) groups is 1. The predicted molar refractivity (Wildman–Crippen MR) is 153 cm³/mol. The van der Waals surface area contributed by atoms with Gasteiger partial charge in [-0.1, -0.05) is 47.5 Å². The van der Waals surface area contributed by atoms with Crippen LogP contribution in [0.25, 0.3) is 0 Å². The van der Waals surface area contributed by atoms with Crippen LogP contribution in [-0.2, 0) is 20.2 Å². The average molecular weight is 581 g/mol. The molecule has 9 nitrogen and oxygen atoms in total. The Morgan fingerprint density at radius 2 is 1.25 bits per heavy atom. The smallest absolute Gasteiger partial charge is 0.339 e. The topological polar surface area (TPSA) is 128 Å². The van der Waals surface area contributed by atoms with Gasteiger partial charge in [-0.15, -0.1) is 0 Å². The summed E-state index contributed by atoms with van der Waals surface area (Å²) < 4.78 is 61.8. The molecular weight excluding hydrogens is 552 g/mol. The van der Waals surface area contributed by atoms with Crippen molar-refractivity contribution in [3.63, 3.8) is 0 Å². The number of para-hydroxylation sites is 2. The number of rotatable bonds is 8. The molecule has 0 bridgehead atoms. The third-order valence-electron chi connectivity index (χ3n) is 5.82. The third kappa shape index (κ3) is 6.80. The molecule has 4 aromatic carbocycles. The van der Waals surface area contributed by atoms with Gasteiger partial charge in [0.2, 0.25) is 0 Å². The Kier molecular flexibility index (Phi) is 8.17. The second-order valence-corrected chi connectivity index (χ2v) is 12.2. The molecule has 4 rings (SSSR count). The molecule has 0 radical (unpaired) electrons. The number of aryl methyl sites for hydroxylation is 4. The highest BCUT2D eigenvalue weighted by atomic mass is 32.2. The Morgan fingerprint density at radius 1 is 0.650 bits per heavy atom. The molecule has 0 atom stereocenters. The maximum Gasteiger partial charge on any atom is 0.339 e. The first-order chi connectivity index (χ1) is 18.8. The van der Waals surface area contributed by atoms with Crippen molar-refractivity contribution < 1.29 is 30.0 Å². The predicted octanol–water partition coefficient (Wildman–Crippen LogP) is 6.10. The lowest BCUT2D eigenvalue weighted by atomic mass is 10.1. The third-order valence-corrected chi connectivity index (χ3v) is 8.62. The van der Waals surface area contributed by atoms with Crippen molar-refractivity contribution in [2.45, 2.75) is 37.5 Å². The van der Waals surface area contributed by atoms with Crippen LogP contribution in [0.3, 0.4) is 0 Å². The van der Waals surface area contributed by atoms with Gasteiger partial charge in [-0.25, -0.2) is 4.79 Å². The van der Waals surface area contributed by atoms with Crippen molar-refractivity contribution in [2.24, 2.45) is 0 Å². The van der Waals surface area contributed by atoms with Gasteiger partial charge < -0.3 is 19.0 Å². The van der Waals surface area contributed by atoms with Gasteiger partial charge in [0.25, 0.3) is 0 Å². The van der Waals surface area contributed by atoms with Gasteiger partial charge in [0.05, 0.1) is 5.69 Å². The minimum absolute atomic E-state index is 0.0191. The molecule has 208 valence electrons. The van der Waals surface area contributed by atoms with Gasteiger partial charge in [0, 0.05) is 5.69 Å². The molecule has 0 fully saturated rings. The number of hydrogen-bond acceptors (Lipinski definition) is 7. The number of anilines is 2. The summed E-state index contributed by atoms with van der Waals surface area (Å²) in [6.45, 7) is 7.15. The molecule has 0 aromatic heterocycles. The first-order valence-corrected chi connectivity index (χ1v) is 15.0. The zero-order valence-electron chi connectivity index (χ0n) is 22.3. The molecule has 0 unspecified atom stereocenters. The monoisotopic (exact) mass is 580 g/mol. The van der Waals surface area contributed by atoms with E-state index in [1.807, 2.05) is 13.8 Å². The quantitative estimate of drug-likeness (QED) is 0.241. The van der Waals surface area contributed by atoms with Crippen LogP contribution in [0, 0.1) is 27.7 Å². The zero-order chi connectivity index (χ0) is 29.1. The Morgan fingerprint density at radius 3 is 1.88 bits per heavy atom. The second-order valence-electron chi connectivity index (χ2n) is 9.22. The van der Waals surface area contributed by atoms with Crippen LogP contribution in [-0.4, -0.2) is 22.9 Å². The summed E-state index contributed by atoms with van der Waals surface area (Å²) in [7, 11) is -8.20. The van der Waals surface area contributed by atoms with E-state index in [-0.39, 0.29) is 27.0 Å². The molecule has 0 aliphatic carbocycles. The first-order valence-electron chi connectivity index (χ1n) is 12.1. The largest absolute Gasteiger partial charge is 0.379 e. The fourth-order valence-electron chi connectivity index (χ4n) is 4.12. The molecule has 0 saturated carbocycles. The number of benzene rings is 4. The molecule has 0 aliphatic rings. The minimum atomic E-state index is -4.13. The van der Waals surface area contributed by atoms with E-state index in [1.165, 1.54) is 48.5 Å². The lowest BCUT2D eigenvalue weighted by molar-refractivity contribution is 0.262. The summed E-state index contributed by atoms with van der Waals surface area (Å²) in [5.74, 6) is 0.0132. The van der Waals surface area contributed by atoms with E-state index in [9.17, 15) is 21.6 Å². The van der Waals surface area contributed by atoms with E-state index in [4.69, 9.17) is 8.37 Å². The number of hydrogen-bond donors (Lipinski definition) is 2. The Bertz CT molecular complexity index is 1740. The Balaban J connectivity index is 1.43. The molecule has 4 aromatic rings. The maximum absolute atomic E-state index is 12.9. The van der Waals surface area contributed by atoms with Gasteiger partial charge in [-0.2, -0.15) is 16.8 Å². The van der Waals surface area contributed by atoms with Crippen molar-refractivity contribution in [3.8, 4) is 11.5 Å². The summed E-state index contributed by atoms with van der Waals surface area (Å²) in [4.78, 5) is 12.8. The first kappa shape index (κ1) is 28.7. The van der Waals surface area contributed by atoms with E-state index < -0.39 is 26.3 Å². The van der Waals surface area contributed by atoms with Gasteiger partial charge in [0.15, 0.2) is 5.75 Å². The average Bonchev–Trinajstić information content (AvgIpc) is 2.85. The normalized spacial score (nSPS) is 11.5. The van der Waals surface area contributed by atoms with Gasteiger partial charge >= 0.3 is 26.3 Å². The number of nitrogens with one attached hydrogen (secondary N) is 2. The Labute approximate surface area is 234 Å². The Hall–Kier alpha value is -4.35. The highest BCUT2D eigenvalue weighted by Crippen LogP contribution is 2.29. The molecule has 0 saturated heterocycles. The van der Waals surface area contributed by atoms with Crippen molar-refractivity contribution in [2.75, 3.05) is 10.6 Å². The van der Waals surface area contributed by atoms with Crippen LogP contribution in [0.1, 0.15) is 22.3 Å². The second kappa shape index (κ2) is 11.4. The molecule has 0 spiro atoms. The van der Waals surface area contributed by atoms with Gasteiger partial charge in [-0.05, 0) is 87.4 Å². The van der Waals surface area contributed by atoms with E-state index in [0.717, 1.165) is 11.1 Å². The van der Waals surface area contributed by atoms with Crippen molar-refractivity contribution >= 4 is 37.6 Å². The summed E-state index contributed by atoms with van der Waals surface area (Å²) in [5, 5.41) is 5.17. The summed E-state index contributed by atoms with van der Waals surface area (Å²) >= 11 is 0. The molecular formula is C29H28N2O7S2. The van der Waals surface area contributed by atoms with Gasteiger partial charge in [0.1, 0.15) is 15.5 Å². The van der Waals surface area contributed by atoms with Crippen LogP contribution in [0.15, 0.2) is 94.7 Å². The van der Waals surface area contributed by atoms with Crippen molar-refractivity contribution in [1.29, 1.82) is 0 Å². The lowest BCUT2D eigenvalue weighted by Crippen LogP contribution is -2.20. The van der Waals surface area contributed by atoms with Crippen LogP contribution >= 0.6 is 0 Å². The van der Waals surface area contributed by atoms with E-state index in [1.54, 1.807) is 50.2 Å². The molecule has 11 heteroatoms. The van der Waals surface area contributed by atoms with E-state index in [0.29, 0.717) is 16.8 Å². The van der Waals surface area contributed by atoms with Crippen LogP contribution in [0.4, 0.5) is 16.2 Å². The molecule has 2 amide bonds. The van der Waals surface area contributed by atoms with Crippen LogP contribution in [0.5, 0.6) is 11.5 Å².